The summed E-state index contributed by atoms with van der Waals surface area (Å²) in [6.45, 7) is 2.19. The number of hydrogen-bond acceptors (Lipinski definition) is 3. The van der Waals surface area contributed by atoms with Gasteiger partial charge >= 0.3 is 0 Å². The van der Waals surface area contributed by atoms with E-state index < -0.39 is 0 Å². The van der Waals surface area contributed by atoms with Crippen LogP contribution < -0.4 is 5.32 Å². The van der Waals surface area contributed by atoms with Crippen molar-refractivity contribution in [2.45, 2.75) is 58.2 Å². The van der Waals surface area contributed by atoms with Gasteiger partial charge in [-0.3, -0.25) is 4.79 Å². The Hall–Kier alpha value is -1.39. The third-order valence-corrected chi connectivity index (χ3v) is 3.65. The highest BCUT2D eigenvalue weighted by molar-refractivity contribution is 5.90. The predicted octanol–water partition coefficient (Wildman–Crippen LogP) is 4.15. The molecule has 0 bridgehead atoms. The molecule has 4 nitrogen and oxygen atoms in total. The van der Waals surface area contributed by atoms with Gasteiger partial charge in [-0.15, -0.1) is 0 Å². The molecule has 0 unspecified atom stereocenters. The molecule has 4 heteroatoms. The van der Waals surface area contributed by atoms with Crippen molar-refractivity contribution in [1.29, 1.82) is 0 Å². The molecule has 0 spiro atoms. The molecule has 1 aromatic rings. The van der Waals surface area contributed by atoms with Gasteiger partial charge in [0.15, 0.2) is 6.29 Å². The van der Waals surface area contributed by atoms with Crippen molar-refractivity contribution >= 4 is 11.6 Å². The number of nitrogens with one attached hydrogen (secondary N) is 1. The van der Waals surface area contributed by atoms with Crippen LogP contribution in [-0.4, -0.2) is 26.4 Å². The van der Waals surface area contributed by atoms with E-state index in [9.17, 15) is 4.79 Å². The molecule has 0 aliphatic carbocycles. The summed E-state index contributed by atoms with van der Waals surface area (Å²) >= 11 is 0. The number of anilines is 1. The van der Waals surface area contributed by atoms with Gasteiger partial charge in [-0.2, -0.15) is 0 Å². The predicted molar refractivity (Wildman–Crippen MR) is 90.0 cm³/mol. The maximum absolute atomic E-state index is 11.9. The van der Waals surface area contributed by atoms with Gasteiger partial charge in [-0.1, -0.05) is 44.7 Å². The average molecular weight is 307 g/mol. The van der Waals surface area contributed by atoms with Crippen LogP contribution in [0.15, 0.2) is 24.3 Å². The maximum atomic E-state index is 11.9. The lowest BCUT2D eigenvalue weighted by atomic mass is 10.1. The second-order valence-electron chi connectivity index (χ2n) is 5.52. The standard InChI is InChI=1S/C18H29NO3/c1-4-5-6-7-8-12-17(20)19-16-11-9-10-15(13-16)14-18(21-2)22-3/h9-11,13,18H,4-8,12,14H2,1-3H3,(H,19,20). The number of benzene rings is 1. The van der Waals surface area contributed by atoms with E-state index in [1.807, 2.05) is 24.3 Å². The van der Waals surface area contributed by atoms with E-state index in [1.165, 1.54) is 19.3 Å². The summed E-state index contributed by atoms with van der Waals surface area (Å²) in [7, 11) is 3.25. The summed E-state index contributed by atoms with van der Waals surface area (Å²) in [5.41, 5.74) is 1.91. The number of amides is 1. The highest BCUT2D eigenvalue weighted by Crippen LogP contribution is 2.14. The lowest BCUT2D eigenvalue weighted by Crippen LogP contribution is -2.16. The van der Waals surface area contributed by atoms with Crippen molar-refractivity contribution in [1.82, 2.24) is 0 Å². The molecule has 1 rings (SSSR count). The molecule has 0 aliphatic heterocycles. The lowest BCUT2D eigenvalue weighted by molar-refractivity contribution is -0.116. The maximum Gasteiger partial charge on any atom is 0.224 e. The van der Waals surface area contributed by atoms with Crippen LogP contribution in [0.5, 0.6) is 0 Å². The average Bonchev–Trinajstić information content (AvgIpc) is 2.52. The molecule has 1 aromatic carbocycles. The minimum Gasteiger partial charge on any atom is -0.356 e. The minimum atomic E-state index is -0.260. The van der Waals surface area contributed by atoms with E-state index in [1.54, 1.807) is 14.2 Å². The topological polar surface area (TPSA) is 47.6 Å². The summed E-state index contributed by atoms with van der Waals surface area (Å²) < 4.78 is 10.4. The Balaban J connectivity index is 2.40. The molecule has 0 fully saturated rings. The second-order valence-corrected chi connectivity index (χ2v) is 5.52. The van der Waals surface area contributed by atoms with Crippen molar-refractivity contribution in [3.63, 3.8) is 0 Å². The number of carbonyl (C=O) groups is 1. The highest BCUT2D eigenvalue weighted by atomic mass is 16.7. The first-order chi connectivity index (χ1) is 10.7. The second kappa shape index (κ2) is 11.2. The fraction of sp³-hybridized carbons (Fsp3) is 0.611. The van der Waals surface area contributed by atoms with Crippen molar-refractivity contribution < 1.29 is 14.3 Å². The van der Waals surface area contributed by atoms with Gasteiger partial charge in [0.1, 0.15) is 0 Å². The van der Waals surface area contributed by atoms with E-state index >= 15 is 0 Å². The number of rotatable bonds is 11. The van der Waals surface area contributed by atoms with Crippen LogP contribution >= 0.6 is 0 Å². The third-order valence-electron chi connectivity index (χ3n) is 3.65. The van der Waals surface area contributed by atoms with Crippen molar-refractivity contribution in [3.8, 4) is 0 Å². The van der Waals surface area contributed by atoms with Gasteiger partial charge in [0.2, 0.25) is 5.91 Å². The zero-order valence-electron chi connectivity index (χ0n) is 14.1. The van der Waals surface area contributed by atoms with E-state index in [0.29, 0.717) is 12.8 Å². The van der Waals surface area contributed by atoms with Crippen molar-refractivity contribution in [3.05, 3.63) is 29.8 Å². The smallest absolute Gasteiger partial charge is 0.224 e. The molecule has 124 valence electrons. The van der Waals surface area contributed by atoms with Gasteiger partial charge in [0, 0.05) is 32.7 Å². The SMILES string of the molecule is CCCCCCCC(=O)Nc1cccc(CC(OC)OC)c1. The molecule has 0 radical (unpaired) electrons. The number of hydrogen-bond donors (Lipinski definition) is 1. The van der Waals surface area contributed by atoms with Crippen LogP contribution in [0.2, 0.25) is 0 Å². The molecule has 0 heterocycles. The summed E-state index contributed by atoms with van der Waals surface area (Å²) in [5.74, 6) is 0.0867. The van der Waals surface area contributed by atoms with E-state index in [-0.39, 0.29) is 12.2 Å². The Kier molecular flexibility index (Phi) is 9.51. The Morgan fingerprint density at radius 2 is 1.86 bits per heavy atom. The quantitative estimate of drug-likeness (QED) is 0.493. The molecule has 1 N–H and O–H groups in total. The normalized spacial score (nSPS) is 10.9. The van der Waals surface area contributed by atoms with Crippen LogP contribution in [-0.2, 0) is 20.7 Å². The van der Waals surface area contributed by atoms with Gasteiger partial charge in [0.05, 0.1) is 0 Å². The molecule has 0 saturated heterocycles. The van der Waals surface area contributed by atoms with Gasteiger partial charge < -0.3 is 14.8 Å². The fourth-order valence-electron chi connectivity index (χ4n) is 2.34. The number of carbonyl (C=O) groups excluding carboxylic acids is 1. The summed E-state index contributed by atoms with van der Waals surface area (Å²) in [6, 6.07) is 7.83. The van der Waals surface area contributed by atoms with Gasteiger partial charge in [0.25, 0.3) is 0 Å². The number of unbranched alkanes of at least 4 members (excludes halogenated alkanes) is 4. The molecular formula is C18H29NO3. The van der Waals surface area contributed by atoms with Crippen LogP contribution in [0.3, 0.4) is 0 Å². The van der Waals surface area contributed by atoms with E-state index in [0.717, 1.165) is 24.1 Å². The van der Waals surface area contributed by atoms with Crippen LogP contribution in [0, 0.1) is 0 Å². The van der Waals surface area contributed by atoms with E-state index in [4.69, 9.17) is 9.47 Å². The fourth-order valence-corrected chi connectivity index (χ4v) is 2.34. The van der Waals surface area contributed by atoms with Crippen LogP contribution in [0.1, 0.15) is 51.0 Å². The molecule has 0 atom stereocenters. The summed E-state index contributed by atoms with van der Waals surface area (Å²) in [6.07, 6.45) is 6.78. The Morgan fingerprint density at radius 1 is 1.14 bits per heavy atom. The number of methoxy groups -OCH3 is 2. The molecular weight excluding hydrogens is 278 g/mol. The van der Waals surface area contributed by atoms with E-state index in [2.05, 4.69) is 12.2 Å². The molecule has 1 amide bonds. The monoisotopic (exact) mass is 307 g/mol. The largest absolute Gasteiger partial charge is 0.356 e. The lowest BCUT2D eigenvalue weighted by Gasteiger charge is -2.14. The first kappa shape index (κ1) is 18.7. The Labute approximate surface area is 134 Å². The molecule has 0 aromatic heterocycles. The Bertz CT molecular complexity index is 430. The number of ether oxygens (including phenoxy) is 2. The van der Waals surface area contributed by atoms with Crippen LogP contribution in [0.4, 0.5) is 5.69 Å². The van der Waals surface area contributed by atoms with Crippen LogP contribution in [0.25, 0.3) is 0 Å². The first-order valence-corrected chi connectivity index (χ1v) is 8.14. The van der Waals surface area contributed by atoms with Gasteiger partial charge in [-0.25, -0.2) is 0 Å². The summed E-state index contributed by atoms with van der Waals surface area (Å²) in [4.78, 5) is 11.9. The first-order valence-electron chi connectivity index (χ1n) is 8.14. The zero-order valence-corrected chi connectivity index (χ0v) is 14.1. The Morgan fingerprint density at radius 3 is 2.55 bits per heavy atom. The van der Waals surface area contributed by atoms with Gasteiger partial charge in [-0.05, 0) is 24.1 Å². The van der Waals surface area contributed by atoms with Crippen molar-refractivity contribution in [2.24, 2.45) is 0 Å². The molecule has 22 heavy (non-hydrogen) atoms. The molecule has 0 saturated carbocycles. The van der Waals surface area contributed by atoms with Crippen molar-refractivity contribution in [2.75, 3.05) is 19.5 Å². The highest BCUT2D eigenvalue weighted by Gasteiger charge is 2.08. The minimum absolute atomic E-state index is 0.0867. The summed E-state index contributed by atoms with van der Waals surface area (Å²) in [5, 5.41) is 2.96. The molecule has 0 aliphatic rings. The third kappa shape index (κ3) is 7.57. The zero-order chi connectivity index (χ0) is 16.2.